The number of sulfonamides is 1. The van der Waals surface area contributed by atoms with Crippen molar-refractivity contribution < 1.29 is 13.2 Å². The van der Waals surface area contributed by atoms with E-state index in [9.17, 15) is 8.42 Å². The van der Waals surface area contributed by atoms with Crippen LogP contribution in [0.3, 0.4) is 0 Å². The molecule has 0 spiro atoms. The Morgan fingerprint density at radius 1 is 1.53 bits per heavy atom. The van der Waals surface area contributed by atoms with Gasteiger partial charge in [0.1, 0.15) is 5.82 Å². The molecule has 0 aliphatic carbocycles. The van der Waals surface area contributed by atoms with Crippen molar-refractivity contribution in [2.75, 3.05) is 24.7 Å². The lowest BCUT2D eigenvalue weighted by atomic mass is 10.2. The van der Waals surface area contributed by atoms with Crippen LogP contribution in [0.15, 0.2) is 23.2 Å². The smallest absolute Gasteiger partial charge is 0.255 e. The van der Waals surface area contributed by atoms with Crippen LogP contribution in [0, 0.1) is 0 Å². The molecule has 2 heterocycles. The van der Waals surface area contributed by atoms with Crippen LogP contribution < -0.4 is 10.0 Å². The Kier molecular flexibility index (Phi) is 3.32. The van der Waals surface area contributed by atoms with E-state index >= 15 is 0 Å². The molecule has 0 amide bonds. The van der Waals surface area contributed by atoms with Gasteiger partial charge in [-0.15, -0.1) is 0 Å². The van der Waals surface area contributed by atoms with E-state index < -0.39 is 10.0 Å². The summed E-state index contributed by atoms with van der Waals surface area (Å²) in [4.78, 5) is 6.09. The average molecular weight is 257 g/mol. The van der Waals surface area contributed by atoms with Crippen molar-refractivity contribution >= 4 is 15.8 Å². The Hall–Kier alpha value is -1.18. The summed E-state index contributed by atoms with van der Waals surface area (Å²) < 4.78 is 27.8. The topological polar surface area (TPSA) is 85.5 Å². The summed E-state index contributed by atoms with van der Waals surface area (Å²) in [6, 6.07) is 4.98. The number of hydrogen-bond donors (Lipinski definition) is 1. The molecule has 17 heavy (non-hydrogen) atoms. The molecule has 2 rings (SSSR count). The largest absolute Gasteiger partial charge is 0.377 e. The summed E-state index contributed by atoms with van der Waals surface area (Å²) in [5.41, 5.74) is 0. The molecular weight excluding hydrogens is 242 g/mol. The standard InChI is InChI=1S/C10H15N3O3S/c1-8-7-16-6-5-13(8)9-3-2-4-10(12-9)17(11,14)15/h2-4,8H,5-7H2,1H3,(H2,11,14,15)/t8-/m0/s1. The molecule has 0 radical (unpaired) electrons. The van der Waals surface area contributed by atoms with Gasteiger partial charge in [0.15, 0.2) is 5.03 Å². The summed E-state index contributed by atoms with van der Waals surface area (Å²) in [5.74, 6) is 0.618. The predicted molar refractivity (Wildman–Crippen MR) is 63.2 cm³/mol. The van der Waals surface area contributed by atoms with E-state index in [0.29, 0.717) is 25.6 Å². The van der Waals surface area contributed by atoms with E-state index in [1.54, 1.807) is 12.1 Å². The fourth-order valence-electron chi connectivity index (χ4n) is 1.79. The van der Waals surface area contributed by atoms with Gasteiger partial charge in [-0.25, -0.2) is 18.5 Å². The van der Waals surface area contributed by atoms with Gasteiger partial charge in [-0.1, -0.05) is 6.07 Å². The lowest BCUT2D eigenvalue weighted by Gasteiger charge is -2.34. The van der Waals surface area contributed by atoms with Crippen molar-refractivity contribution in [2.24, 2.45) is 5.14 Å². The Balaban J connectivity index is 2.33. The molecule has 1 aliphatic heterocycles. The summed E-state index contributed by atoms with van der Waals surface area (Å²) in [7, 11) is -3.75. The molecule has 6 nitrogen and oxygen atoms in total. The van der Waals surface area contributed by atoms with E-state index in [1.165, 1.54) is 6.07 Å². The Morgan fingerprint density at radius 2 is 2.29 bits per heavy atom. The van der Waals surface area contributed by atoms with Gasteiger partial charge in [0.05, 0.1) is 19.3 Å². The maximum atomic E-state index is 11.2. The molecule has 1 saturated heterocycles. The average Bonchev–Trinajstić information content (AvgIpc) is 2.29. The maximum Gasteiger partial charge on any atom is 0.255 e. The molecule has 0 unspecified atom stereocenters. The highest BCUT2D eigenvalue weighted by Crippen LogP contribution is 2.18. The molecule has 94 valence electrons. The monoisotopic (exact) mass is 257 g/mol. The van der Waals surface area contributed by atoms with Gasteiger partial charge < -0.3 is 9.64 Å². The van der Waals surface area contributed by atoms with Crippen molar-refractivity contribution in [1.29, 1.82) is 0 Å². The molecule has 7 heteroatoms. The second kappa shape index (κ2) is 4.59. The number of anilines is 1. The summed E-state index contributed by atoms with van der Waals surface area (Å²) in [5, 5.41) is 4.95. The molecule has 0 aromatic carbocycles. The van der Waals surface area contributed by atoms with Crippen LogP contribution in [0.4, 0.5) is 5.82 Å². The minimum absolute atomic E-state index is 0.103. The molecule has 0 bridgehead atoms. The molecule has 0 saturated carbocycles. The number of pyridine rings is 1. The van der Waals surface area contributed by atoms with Crippen molar-refractivity contribution in [1.82, 2.24) is 4.98 Å². The number of nitrogens with zero attached hydrogens (tertiary/aromatic N) is 2. The van der Waals surface area contributed by atoms with Gasteiger partial charge in [-0.2, -0.15) is 0 Å². The van der Waals surface area contributed by atoms with Crippen LogP contribution in [0.1, 0.15) is 6.92 Å². The Bertz CT molecular complexity index is 503. The molecule has 1 aromatic heterocycles. The van der Waals surface area contributed by atoms with Gasteiger partial charge in [-0.3, -0.25) is 0 Å². The first-order chi connectivity index (χ1) is 7.98. The summed E-state index contributed by atoms with van der Waals surface area (Å²) in [6.45, 7) is 3.93. The van der Waals surface area contributed by atoms with E-state index in [0.717, 1.165) is 0 Å². The highest BCUT2D eigenvalue weighted by molar-refractivity contribution is 7.89. The number of aromatic nitrogens is 1. The molecule has 2 N–H and O–H groups in total. The first-order valence-corrected chi connectivity index (χ1v) is 6.87. The molecule has 1 aliphatic rings. The van der Waals surface area contributed by atoms with Gasteiger partial charge in [0.2, 0.25) is 0 Å². The third kappa shape index (κ3) is 2.74. The van der Waals surface area contributed by atoms with Crippen molar-refractivity contribution in [2.45, 2.75) is 18.0 Å². The highest BCUT2D eigenvalue weighted by Gasteiger charge is 2.21. The van der Waals surface area contributed by atoms with E-state index in [-0.39, 0.29) is 11.1 Å². The second-order valence-corrected chi connectivity index (χ2v) is 5.50. The zero-order valence-corrected chi connectivity index (χ0v) is 10.4. The Labute approximate surface area is 100 Å². The van der Waals surface area contributed by atoms with Crippen molar-refractivity contribution in [3.63, 3.8) is 0 Å². The maximum absolute atomic E-state index is 11.2. The van der Waals surface area contributed by atoms with E-state index in [1.807, 2.05) is 11.8 Å². The van der Waals surface area contributed by atoms with Crippen LogP contribution >= 0.6 is 0 Å². The minimum atomic E-state index is -3.75. The van der Waals surface area contributed by atoms with Gasteiger partial charge in [0.25, 0.3) is 10.0 Å². The predicted octanol–water partition coefficient (Wildman–Crippen LogP) is -0.0459. The zero-order chi connectivity index (χ0) is 12.5. The summed E-state index contributed by atoms with van der Waals surface area (Å²) >= 11 is 0. The third-order valence-corrected chi connectivity index (χ3v) is 3.47. The molecular formula is C10H15N3O3S. The minimum Gasteiger partial charge on any atom is -0.377 e. The quantitative estimate of drug-likeness (QED) is 0.803. The van der Waals surface area contributed by atoms with Gasteiger partial charge >= 0.3 is 0 Å². The van der Waals surface area contributed by atoms with Gasteiger partial charge in [-0.05, 0) is 19.1 Å². The van der Waals surface area contributed by atoms with Crippen LogP contribution in [0.2, 0.25) is 0 Å². The first kappa shape index (κ1) is 12.3. The second-order valence-electron chi connectivity index (χ2n) is 4.00. The normalized spacial score (nSPS) is 21.5. The van der Waals surface area contributed by atoms with E-state index in [4.69, 9.17) is 9.88 Å². The van der Waals surface area contributed by atoms with Crippen molar-refractivity contribution in [3.05, 3.63) is 18.2 Å². The van der Waals surface area contributed by atoms with Crippen LogP contribution in [0.5, 0.6) is 0 Å². The number of nitrogens with two attached hydrogens (primary N) is 1. The zero-order valence-electron chi connectivity index (χ0n) is 9.54. The lowest BCUT2D eigenvalue weighted by Crippen LogP contribution is -2.44. The SMILES string of the molecule is C[C@H]1COCCN1c1cccc(S(N)(=O)=O)n1. The summed E-state index contributed by atoms with van der Waals surface area (Å²) in [6.07, 6.45) is 0. The first-order valence-electron chi connectivity index (χ1n) is 5.33. The van der Waals surface area contributed by atoms with Crippen LogP contribution in [0.25, 0.3) is 0 Å². The van der Waals surface area contributed by atoms with Crippen LogP contribution in [-0.4, -0.2) is 39.2 Å². The number of morpholine rings is 1. The fraction of sp³-hybridized carbons (Fsp3) is 0.500. The number of primary sulfonamides is 1. The fourth-order valence-corrected chi connectivity index (χ4v) is 2.28. The van der Waals surface area contributed by atoms with Crippen molar-refractivity contribution in [3.8, 4) is 0 Å². The Morgan fingerprint density at radius 3 is 2.94 bits per heavy atom. The number of rotatable bonds is 2. The number of hydrogen-bond acceptors (Lipinski definition) is 5. The van der Waals surface area contributed by atoms with E-state index in [2.05, 4.69) is 4.98 Å². The molecule has 1 fully saturated rings. The molecule has 1 atom stereocenters. The van der Waals surface area contributed by atoms with Gasteiger partial charge in [0, 0.05) is 6.54 Å². The lowest BCUT2D eigenvalue weighted by molar-refractivity contribution is 0.0985. The third-order valence-electron chi connectivity index (χ3n) is 2.66. The number of ether oxygens (including phenoxy) is 1. The van der Waals surface area contributed by atoms with Crippen LogP contribution in [-0.2, 0) is 14.8 Å². The highest BCUT2D eigenvalue weighted by atomic mass is 32.2. The molecule has 1 aromatic rings.